The second-order valence-electron chi connectivity index (χ2n) is 5.38. The molecule has 1 aromatic rings. The van der Waals surface area contributed by atoms with Gasteiger partial charge in [0.15, 0.2) is 0 Å². The summed E-state index contributed by atoms with van der Waals surface area (Å²) in [6.45, 7) is 8.47. The molecule has 0 radical (unpaired) electrons. The van der Waals surface area contributed by atoms with Gasteiger partial charge in [-0.3, -0.25) is 0 Å². The first-order valence-electron chi connectivity index (χ1n) is 5.83. The highest BCUT2D eigenvalue weighted by atomic mass is 32.2. The molecule has 1 rings (SSSR count). The topological polar surface area (TPSA) is 46.2 Å². The minimum absolute atomic E-state index is 0.0591. The zero-order valence-corrected chi connectivity index (χ0v) is 11.8. The minimum atomic E-state index is -3.37. The van der Waals surface area contributed by atoms with E-state index in [0.29, 0.717) is 11.4 Å². The Kier molecular flexibility index (Phi) is 4.33. The molecule has 0 spiro atoms. The number of hydrogen-bond acceptors (Lipinski definition) is 2. The average Bonchev–Trinajstić information content (AvgIpc) is 2.26. The Balaban J connectivity index is 2.82. The number of nitrogens with one attached hydrogen (secondary N) is 1. The van der Waals surface area contributed by atoms with Crippen molar-refractivity contribution in [1.29, 1.82) is 0 Å². The van der Waals surface area contributed by atoms with Crippen LogP contribution in [0.5, 0.6) is 0 Å². The van der Waals surface area contributed by atoms with Crippen LogP contribution in [-0.4, -0.2) is 15.0 Å². The van der Waals surface area contributed by atoms with Gasteiger partial charge >= 0.3 is 0 Å². The Labute approximate surface area is 104 Å². The highest BCUT2D eigenvalue weighted by molar-refractivity contribution is 7.89. The first kappa shape index (κ1) is 14.2. The van der Waals surface area contributed by atoms with Crippen molar-refractivity contribution in [2.24, 2.45) is 5.41 Å². The van der Waals surface area contributed by atoms with Gasteiger partial charge in [-0.15, -0.1) is 0 Å². The van der Waals surface area contributed by atoms with Crippen LogP contribution in [0.15, 0.2) is 29.2 Å². The van der Waals surface area contributed by atoms with Crippen molar-refractivity contribution in [3.05, 3.63) is 29.8 Å². The normalized spacial score (nSPS) is 12.7. The van der Waals surface area contributed by atoms with Gasteiger partial charge in [-0.05, 0) is 29.5 Å². The second-order valence-corrected chi connectivity index (χ2v) is 7.15. The Morgan fingerprint density at radius 3 is 2.06 bits per heavy atom. The molecule has 0 aromatic heterocycles. The molecule has 96 valence electrons. The maximum Gasteiger partial charge on any atom is 0.240 e. The molecule has 0 saturated heterocycles. The lowest BCUT2D eigenvalue weighted by Gasteiger charge is -2.18. The van der Waals surface area contributed by atoms with Crippen molar-refractivity contribution >= 4 is 10.0 Å². The zero-order valence-electron chi connectivity index (χ0n) is 10.9. The first-order valence-corrected chi connectivity index (χ1v) is 7.31. The molecular formula is C13H21NO2S. The summed E-state index contributed by atoms with van der Waals surface area (Å²) in [5.41, 5.74) is 1.08. The summed E-state index contributed by atoms with van der Waals surface area (Å²) in [4.78, 5) is 0.332. The van der Waals surface area contributed by atoms with E-state index < -0.39 is 10.0 Å². The second kappa shape index (κ2) is 5.19. The number of benzene rings is 1. The van der Waals surface area contributed by atoms with Crippen LogP contribution in [0.1, 0.15) is 33.3 Å². The Morgan fingerprint density at radius 1 is 1.12 bits per heavy atom. The summed E-state index contributed by atoms with van der Waals surface area (Å²) in [6, 6.07) is 7.02. The highest BCUT2D eigenvalue weighted by Gasteiger charge is 2.18. The van der Waals surface area contributed by atoms with E-state index in [1.165, 1.54) is 0 Å². The number of hydrogen-bond donors (Lipinski definition) is 1. The fourth-order valence-corrected chi connectivity index (χ4v) is 2.58. The van der Waals surface area contributed by atoms with Crippen LogP contribution >= 0.6 is 0 Å². The predicted molar refractivity (Wildman–Crippen MR) is 70.5 cm³/mol. The molecule has 0 aliphatic carbocycles. The monoisotopic (exact) mass is 255 g/mol. The van der Waals surface area contributed by atoms with E-state index in [-0.39, 0.29) is 5.41 Å². The summed E-state index contributed by atoms with van der Waals surface area (Å²) >= 11 is 0. The van der Waals surface area contributed by atoms with E-state index >= 15 is 0 Å². The van der Waals surface area contributed by atoms with Gasteiger partial charge < -0.3 is 0 Å². The van der Waals surface area contributed by atoms with Crippen LogP contribution in [0.3, 0.4) is 0 Å². The third kappa shape index (κ3) is 4.48. The molecule has 0 heterocycles. The van der Waals surface area contributed by atoms with Gasteiger partial charge in [0.05, 0.1) is 4.90 Å². The molecule has 0 bridgehead atoms. The summed E-state index contributed by atoms with van der Waals surface area (Å²) in [5, 5.41) is 0. The van der Waals surface area contributed by atoms with Crippen molar-refractivity contribution in [3.63, 3.8) is 0 Å². The number of aryl methyl sites for hydroxylation is 1. The summed E-state index contributed by atoms with van der Waals surface area (Å²) < 4.78 is 26.6. The van der Waals surface area contributed by atoms with E-state index in [2.05, 4.69) is 4.72 Å². The Morgan fingerprint density at radius 2 is 1.65 bits per heavy atom. The minimum Gasteiger partial charge on any atom is -0.211 e. The van der Waals surface area contributed by atoms with Crippen LogP contribution in [0.4, 0.5) is 0 Å². The van der Waals surface area contributed by atoms with E-state index in [0.717, 1.165) is 12.0 Å². The molecular weight excluding hydrogens is 234 g/mol. The van der Waals surface area contributed by atoms with Crippen LogP contribution in [0.25, 0.3) is 0 Å². The molecule has 4 heteroatoms. The molecule has 0 aliphatic rings. The van der Waals surface area contributed by atoms with E-state index in [4.69, 9.17) is 0 Å². The molecule has 0 fully saturated rings. The smallest absolute Gasteiger partial charge is 0.211 e. The lowest BCUT2D eigenvalue weighted by Crippen LogP contribution is -2.32. The quantitative estimate of drug-likeness (QED) is 0.899. The van der Waals surface area contributed by atoms with Crippen molar-refractivity contribution in [2.45, 2.75) is 39.0 Å². The van der Waals surface area contributed by atoms with Crippen LogP contribution in [0, 0.1) is 5.41 Å². The molecule has 0 unspecified atom stereocenters. The fraction of sp³-hybridized carbons (Fsp3) is 0.538. The summed E-state index contributed by atoms with van der Waals surface area (Å²) in [7, 11) is -3.37. The van der Waals surface area contributed by atoms with Crippen molar-refractivity contribution in [3.8, 4) is 0 Å². The summed E-state index contributed by atoms with van der Waals surface area (Å²) in [6.07, 6.45) is 0.912. The van der Waals surface area contributed by atoms with Crippen LogP contribution in [0.2, 0.25) is 0 Å². The van der Waals surface area contributed by atoms with Crippen molar-refractivity contribution in [1.82, 2.24) is 4.72 Å². The SMILES string of the molecule is CCc1ccc(S(=O)(=O)NCC(C)(C)C)cc1. The molecule has 0 amide bonds. The largest absolute Gasteiger partial charge is 0.240 e. The summed E-state index contributed by atoms with van der Waals surface area (Å²) in [5.74, 6) is 0. The van der Waals surface area contributed by atoms with Crippen molar-refractivity contribution < 1.29 is 8.42 Å². The van der Waals surface area contributed by atoms with Gasteiger partial charge in [-0.2, -0.15) is 0 Å². The number of rotatable bonds is 4. The first-order chi connectivity index (χ1) is 7.74. The van der Waals surface area contributed by atoms with Gasteiger partial charge in [0, 0.05) is 6.54 Å². The van der Waals surface area contributed by atoms with Gasteiger partial charge in [-0.1, -0.05) is 39.8 Å². The fourth-order valence-electron chi connectivity index (χ4n) is 1.30. The molecule has 17 heavy (non-hydrogen) atoms. The molecule has 0 atom stereocenters. The van der Waals surface area contributed by atoms with E-state index in [1.807, 2.05) is 39.8 Å². The van der Waals surface area contributed by atoms with Gasteiger partial charge in [0.1, 0.15) is 0 Å². The number of sulfonamides is 1. The molecule has 1 aromatic carbocycles. The van der Waals surface area contributed by atoms with Crippen molar-refractivity contribution in [2.75, 3.05) is 6.54 Å². The Bertz CT molecular complexity index is 455. The lowest BCUT2D eigenvalue weighted by atomic mass is 9.98. The maximum atomic E-state index is 12.0. The van der Waals surface area contributed by atoms with E-state index in [9.17, 15) is 8.42 Å². The maximum absolute atomic E-state index is 12.0. The predicted octanol–water partition coefficient (Wildman–Crippen LogP) is 2.57. The van der Waals surface area contributed by atoms with Gasteiger partial charge in [0.2, 0.25) is 10.0 Å². The standard InChI is InChI=1S/C13H21NO2S/c1-5-11-6-8-12(9-7-11)17(15,16)14-10-13(2,3)4/h6-9,14H,5,10H2,1-4H3. The third-order valence-corrected chi connectivity index (χ3v) is 3.85. The molecule has 0 saturated carbocycles. The van der Waals surface area contributed by atoms with Crippen LogP contribution in [-0.2, 0) is 16.4 Å². The van der Waals surface area contributed by atoms with Gasteiger partial charge in [-0.25, -0.2) is 13.1 Å². The van der Waals surface area contributed by atoms with Gasteiger partial charge in [0.25, 0.3) is 0 Å². The van der Waals surface area contributed by atoms with E-state index in [1.54, 1.807) is 12.1 Å². The molecule has 0 aliphatic heterocycles. The molecule has 3 nitrogen and oxygen atoms in total. The Hall–Kier alpha value is -0.870. The lowest BCUT2D eigenvalue weighted by molar-refractivity contribution is 0.407. The zero-order chi connectivity index (χ0) is 13.1. The average molecular weight is 255 g/mol. The van der Waals surface area contributed by atoms with Crippen LogP contribution < -0.4 is 4.72 Å². The third-order valence-electron chi connectivity index (χ3n) is 2.43. The highest BCUT2D eigenvalue weighted by Crippen LogP contribution is 2.15. The molecule has 1 N–H and O–H groups in total.